The van der Waals surface area contributed by atoms with Crippen LogP contribution in [0.2, 0.25) is 0 Å². The minimum Gasteiger partial charge on any atom is -0.387 e. The number of benzene rings is 2. The number of nitrogens with one attached hydrogen (secondary N) is 1. The van der Waals surface area contributed by atoms with Crippen LogP contribution in [0.25, 0.3) is 0 Å². The third-order valence-electron chi connectivity index (χ3n) is 2.76. The van der Waals surface area contributed by atoms with E-state index in [-0.39, 0.29) is 0 Å². The minimum absolute atomic E-state index is 0.471. The molecule has 0 amide bonds. The van der Waals surface area contributed by atoms with Crippen LogP contribution >= 0.6 is 15.9 Å². The van der Waals surface area contributed by atoms with Crippen molar-refractivity contribution in [2.24, 2.45) is 0 Å². The maximum atomic E-state index is 10.0. The van der Waals surface area contributed by atoms with Crippen LogP contribution in [-0.4, -0.2) is 11.7 Å². The number of hydrogen-bond acceptors (Lipinski definition) is 2. The molecular formula is C15H16BrNO. The summed E-state index contributed by atoms with van der Waals surface area (Å²) in [6.45, 7) is 1.32. The third-order valence-corrected chi connectivity index (χ3v) is 3.29. The minimum atomic E-state index is -0.471. The van der Waals surface area contributed by atoms with Crippen LogP contribution in [0.4, 0.5) is 0 Å². The van der Waals surface area contributed by atoms with E-state index < -0.39 is 6.10 Å². The maximum Gasteiger partial charge on any atom is 0.0914 e. The Morgan fingerprint density at radius 2 is 1.67 bits per heavy atom. The van der Waals surface area contributed by atoms with E-state index in [9.17, 15) is 5.11 Å². The average Bonchev–Trinajstić information content (AvgIpc) is 2.40. The monoisotopic (exact) mass is 305 g/mol. The number of halogens is 1. The molecule has 0 saturated heterocycles. The highest BCUT2D eigenvalue weighted by Gasteiger charge is 2.06. The fourth-order valence-corrected chi connectivity index (χ4v) is 2.02. The van der Waals surface area contributed by atoms with Crippen molar-refractivity contribution in [2.45, 2.75) is 12.6 Å². The average molecular weight is 306 g/mol. The van der Waals surface area contributed by atoms with Crippen LogP contribution in [0, 0.1) is 0 Å². The number of hydrogen-bond donors (Lipinski definition) is 2. The normalized spacial score (nSPS) is 12.3. The molecule has 1 atom stereocenters. The number of aliphatic hydroxyl groups is 1. The van der Waals surface area contributed by atoms with Crippen LogP contribution in [0.15, 0.2) is 59.1 Å². The molecule has 3 heteroatoms. The maximum absolute atomic E-state index is 10.0. The lowest BCUT2D eigenvalue weighted by atomic mass is 10.1. The summed E-state index contributed by atoms with van der Waals surface area (Å²) in [6, 6.07) is 17.9. The summed E-state index contributed by atoms with van der Waals surface area (Å²) < 4.78 is 1.02. The van der Waals surface area contributed by atoms with Crippen LogP contribution in [0.5, 0.6) is 0 Å². The molecule has 0 bridgehead atoms. The van der Waals surface area contributed by atoms with Crippen LogP contribution in [0.1, 0.15) is 17.2 Å². The van der Waals surface area contributed by atoms with Gasteiger partial charge in [-0.25, -0.2) is 0 Å². The van der Waals surface area contributed by atoms with E-state index in [1.807, 2.05) is 42.5 Å². The third kappa shape index (κ3) is 3.95. The van der Waals surface area contributed by atoms with Gasteiger partial charge in [-0.2, -0.15) is 0 Å². The Morgan fingerprint density at radius 3 is 2.33 bits per heavy atom. The lowest BCUT2D eigenvalue weighted by Crippen LogP contribution is -2.20. The SMILES string of the molecule is O[C@@H](CNCc1ccccc1)c1ccc(Br)cc1. The van der Waals surface area contributed by atoms with Crippen molar-refractivity contribution >= 4 is 15.9 Å². The van der Waals surface area contributed by atoms with Gasteiger partial charge in [-0.05, 0) is 23.3 Å². The molecule has 2 rings (SSSR count). The Kier molecular flexibility index (Phi) is 4.93. The Balaban J connectivity index is 1.81. The van der Waals surface area contributed by atoms with Gasteiger partial charge in [0.1, 0.15) is 0 Å². The summed E-state index contributed by atoms with van der Waals surface area (Å²) >= 11 is 3.38. The Bertz CT molecular complexity index is 470. The van der Waals surface area contributed by atoms with Crippen molar-refractivity contribution in [3.05, 3.63) is 70.2 Å². The molecule has 0 radical (unpaired) electrons. The molecule has 0 saturated carbocycles. The van der Waals surface area contributed by atoms with Gasteiger partial charge in [0.15, 0.2) is 0 Å². The molecule has 0 aromatic heterocycles. The van der Waals surface area contributed by atoms with Crippen LogP contribution in [-0.2, 0) is 6.54 Å². The summed E-state index contributed by atoms with van der Waals surface area (Å²) in [4.78, 5) is 0. The molecule has 2 nitrogen and oxygen atoms in total. The second-order valence-electron chi connectivity index (χ2n) is 4.18. The zero-order valence-corrected chi connectivity index (χ0v) is 11.6. The summed E-state index contributed by atoms with van der Waals surface area (Å²) in [5.74, 6) is 0. The Hall–Kier alpha value is -1.16. The topological polar surface area (TPSA) is 32.3 Å². The van der Waals surface area contributed by atoms with E-state index in [0.717, 1.165) is 16.6 Å². The molecule has 0 aliphatic carbocycles. The van der Waals surface area contributed by atoms with Gasteiger partial charge in [-0.15, -0.1) is 0 Å². The fraction of sp³-hybridized carbons (Fsp3) is 0.200. The molecule has 0 aliphatic heterocycles. The highest BCUT2D eigenvalue weighted by Crippen LogP contribution is 2.16. The summed E-state index contributed by atoms with van der Waals surface area (Å²) in [5.41, 5.74) is 2.15. The van der Waals surface area contributed by atoms with E-state index in [1.165, 1.54) is 5.56 Å². The predicted molar refractivity (Wildman–Crippen MR) is 77.3 cm³/mol. The molecule has 0 unspecified atom stereocenters. The van der Waals surface area contributed by atoms with E-state index in [1.54, 1.807) is 0 Å². The largest absolute Gasteiger partial charge is 0.387 e. The zero-order chi connectivity index (χ0) is 12.8. The van der Waals surface area contributed by atoms with Gasteiger partial charge in [-0.3, -0.25) is 0 Å². The first kappa shape index (κ1) is 13.3. The molecule has 0 heterocycles. The second kappa shape index (κ2) is 6.69. The summed E-state index contributed by atoms with van der Waals surface area (Å²) in [5, 5.41) is 13.3. The molecule has 0 aliphatic rings. The Morgan fingerprint density at radius 1 is 1.00 bits per heavy atom. The van der Waals surface area contributed by atoms with Crippen molar-refractivity contribution in [1.29, 1.82) is 0 Å². The molecule has 18 heavy (non-hydrogen) atoms. The second-order valence-corrected chi connectivity index (χ2v) is 5.10. The summed E-state index contributed by atoms with van der Waals surface area (Å²) in [6.07, 6.45) is -0.471. The predicted octanol–water partition coefficient (Wildman–Crippen LogP) is 3.27. The van der Waals surface area contributed by atoms with Crippen LogP contribution < -0.4 is 5.32 Å². The molecule has 94 valence electrons. The highest BCUT2D eigenvalue weighted by atomic mass is 79.9. The van der Waals surface area contributed by atoms with Gasteiger partial charge in [0.05, 0.1) is 6.10 Å². The van der Waals surface area contributed by atoms with E-state index >= 15 is 0 Å². The van der Waals surface area contributed by atoms with E-state index in [4.69, 9.17) is 0 Å². The van der Waals surface area contributed by atoms with Gasteiger partial charge in [0.2, 0.25) is 0 Å². The van der Waals surface area contributed by atoms with Gasteiger partial charge in [0.25, 0.3) is 0 Å². The quantitative estimate of drug-likeness (QED) is 0.888. The first-order valence-corrected chi connectivity index (χ1v) is 6.73. The van der Waals surface area contributed by atoms with Gasteiger partial charge < -0.3 is 10.4 Å². The van der Waals surface area contributed by atoms with E-state index in [2.05, 4.69) is 33.4 Å². The summed E-state index contributed by atoms with van der Waals surface area (Å²) in [7, 11) is 0. The van der Waals surface area contributed by atoms with Crippen molar-refractivity contribution in [3.8, 4) is 0 Å². The van der Waals surface area contributed by atoms with Crippen molar-refractivity contribution in [2.75, 3.05) is 6.54 Å². The number of aliphatic hydroxyl groups excluding tert-OH is 1. The standard InChI is InChI=1S/C15H16BrNO/c16-14-8-6-13(7-9-14)15(18)11-17-10-12-4-2-1-3-5-12/h1-9,15,17-18H,10-11H2/t15-/m0/s1. The first-order valence-electron chi connectivity index (χ1n) is 5.94. The lowest BCUT2D eigenvalue weighted by molar-refractivity contribution is 0.174. The highest BCUT2D eigenvalue weighted by molar-refractivity contribution is 9.10. The lowest BCUT2D eigenvalue weighted by Gasteiger charge is -2.12. The van der Waals surface area contributed by atoms with Gasteiger partial charge in [0, 0.05) is 17.6 Å². The van der Waals surface area contributed by atoms with Crippen molar-refractivity contribution < 1.29 is 5.11 Å². The molecule has 2 N–H and O–H groups in total. The Labute approximate surface area is 116 Å². The van der Waals surface area contributed by atoms with Gasteiger partial charge >= 0.3 is 0 Å². The smallest absolute Gasteiger partial charge is 0.0914 e. The molecule has 0 spiro atoms. The molecule has 0 fully saturated rings. The van der Waals surface area contributed by atoms with Crippen molar-refractivity contribution in [1.82, 2.24) is 5.32 Å². The first-order chi connectivity index (χ1) is 8.75. The fourth-order valence-electron chi connectivity index (χ4n) is 1.75. The zero-order valence-electron chi connectivity index (χ0n) is 10.0. The molecular weight excluding hydrogens is 290 g/mol. The van der Waals surface area contributed by atoms with Gasteiger partial charge in [-0.1, -0.05) is 58.4 Å². The molecule has 2 aromatic carbocycles. The van der Waals surface area contributed by atoms with Crippen LogP contribution in [0.3, 0.4) is 0 Å². The van der Waals surface area contributed by atoms with E-state index in [0.29, 0.717) is 6.54 Å². The van der Waals surface area contributed by atoms with Crippen molar-refractivity contribution in [3.63, 3.8) is 0 Å². The number of rotatable bonds is 5. The molecule has 2 aromatic rings.